The van der Waals surface area contributed by atoms with E-state index < -0.39 is 0 Å². The monoisotopic (exact) mass is 239 g/mol. The standard InChI is InChI=1S/C14H9NO3/c1-7-6-10-11(15-14(7)18)13(17)9-5-3-2-4-8(9)12(10)16/h2-6H,1H3,(H,15,18). The van der Waals surface area contributed by atoms with E-state index in [4.69, 9.17) is 0 Å². The van der Waals surface area contributed by atoms with Crippen LogP contribution in [0.15, 0.2) is 35.1 Å². The van der Waals surface area contributed by atoms with E-state index in [0.29, 0.717) is 16.7 Å². The molecule has 18 heavy (non-hydrogen) atoms. The minimum Gasteiger partial charge on any atom is -0.318 e. The third-order valence-electron chi connectivity index (χ3n) is 3.11. The number of pyridine rings is 1. The van der Waals surface area contributed by atoms with Gasteiger partial charge in [0.25, 0.3) is 5.56 Å². The number of hydrogen-bond acceptors (Lipinski definition) is 3. The average Bonchev–Trinajstić information content (AvgIpc) is 2.38. The van der Waals surface area contributed by atoms with Gasteiger partial charge in [0.15, 0.2) is 5.78 Å². The van der Waals surface area contributed by atoms with Gasteiger partial charge in [0, 0.05) is 16.7 Å². The highest BCUT2D eigenvalue weighted by Crippen LogP contribution is 2.25. The summed E-state index contributed by atoms with van der Waals surface area (Å²) in [6.07, 6.45) is 0. The van der Waals surface area contributed by atoms with Crippen LogP contribution in [0.4, 0.5) is 0 Å². The number of aromatic amines is 1. The third-order valence-corrected chi connectivity index (χ3v) is 3.11. The molecule has 1 heterocycles. The molecule has 0 saturated carbocycles. The van der Waals surface area contributed by atoms with E-state index in [0.717, 1.165) is 0 Å². The number of benzene rings is 1. The van der Waals surface area contributed by atoms with Gasteiger partial charge in [-0.1, -0.05) is 24.3 Å². The number of ketones is 2. The van der Waals surface area contributed by atoms with Gasteiger partial charge in [-0.25, -0.2) is 0 Å². The van der Waals surface area contributed by atoms with E-state index in [1.165, 1.54) is 6.07 Å². The minimum atomic E-state index is -0.339. The molecular formula is C14H9NO3. The van der Waals surface area contributed by atoms with Crippen molar-refractivity contribution in [2.45, 2.75) is 6.92 Å². The summed E-state index contributed by atoms with van der Waals surface area (Å²) >= 11 is 0. The lowest BCUT2D eigenvalue weighted by Gasteiger charge is -2.16. The van der Waals surface area contributed by atoms with Gasteiger partial charge in [-0.05, 0) is 13.0 Å². The Kier molecular flexibility index (Phi) is 2.07. The number of carbonyl (C=O) groups excluding carboxylic acids is 2. The lowest BCUT2D eigenvalue weighted by Crippen LogP contribution is -2.26. The smallest absolute Gasteiger partial charge is 0.251 e. The number of carbonyl (C=O) groups is 2. The molecule has 4 nitrogen and oxygen atoms in total. The Labute approximate surface area is 102 Å². The Hall–Kier alpha value is -2.49. The van der Waals surface area contributed by atoms with Crippen molar-refractivity contribution in [1.29, 1.82) is 0 Å². The lowest BCUT2D eigenvalue weighted by atomic mass is 9.86. The number of aryl methyl sites for hydroxylation is 1. The first-order valence-electron chi connectivity index (χ1n) is 5.52. The Morgan fingerprint density at radius 2 is 1.50 bits per heavy atom. The van der Waals surface area contributed by atoms with Gasteiger partial charge in [0.2, 0.25) is 5.78 Å². The highest BCUT2D eigenvalue weighted by Gasteiger charge is 2.30. The third kappa shape index (κ3) is 1.29. The first kappa shape index (κ1) is 10.7. The Bertz CT molecular complexity index is 756. The predicted octanol–water partition coefficient (Wildman–Crippen LogP) is 1.46. The Morgan fingerprint density at radius 1 is 0.889 bits per heavy atom. The van der Waals surface area contributed by atoms with Crippen LogP contribution in [-0.4, -0.2) is 16.6 Å². The van der Waals surface area contributed by atoms with Crippen LogP contribution < -0.4 is 5.56 Å². The van der Waals surface area contributed by atoms with Crippen molar-refractivity contribution in [3.63, 3.8) is 0 Å². The Morgan fingerprint density at radius 3 is 2.17 bits per heavy atom. The summed E-state index contributed by atoms with van der Waals surface area (Å²) < 4.78 is 0. The zero-order valence-corrected chi connectivity index (χ0v) is 9.61. The topological polar surface area (TPSA) is 67.0 Å². The van der Waals surface area contributed by atoms with Crippen LogP contribution in [0.25, 0.3) is 0 Å². The highest BCUT2D eigenvalue weighted by atomic mass is 16.1. The van der Waals surface area contributed by atoms with Crippen molar-refractivity contribution in [3.8, 4) is 0 Å². The van der Waals surface area contributed by atoms with Crippen LogP contribution >= 0.6 is 0 Å². The molecule has 0 bridgehead atoms. The van der Waals surface area contributed by atoms with Crippen molar-refractivity contribution in [1.82, 2.24) is 4.98 Å². The van der Waals surface area contributed by atoms with Crippen LogP contribution in [0, 0.1) is 6.92 Å². The fourth-order valence-corrected chi connectivity index (χ4v) is 2.15. The van der Waals surface area contributed by atoms with E-state index in [1.807, 2.05) is 0 Å². The first-order valence-corrected chi connectivity index (χ1v) is 5.52. The summed E-state index contributed by atoms with van der Waals surface area (Å²) in [7, 11) is 0. The molecule has 1 aliphatic rings. The van der Waals surface area contributed by atoms with Gasteiger partial charge in [-0.3, -0.25) is 14.4 Å². The summed E-state index contributed by atoms with van der Waals surface area (Å²) in [5.41, 5.74) is 1.18. The van der Waals surface area contributed by atoms with Crippen molar-refractivity contribution in [2.24, 2.45) is 0 Å². The molecule has 1 aromatic heterocycles. The molecule has 1 N–H and O–H groups in total. The predicted molar refractivity (Wildman–Crippen MR) is 65.1 cm³/mol. The van der Waals surface area contributed by atoms with Gasteiger partial charge < -0.3 is 4.98 Å². The fraction of sp³-hybridized carbons (Fsp3) is 0.0714. The molecule has 0 saturated heterocycles. The maximum Gasteiger partial charge on any atom is 0.251 e. The van der Waals surface area contributed by atoms with E-state index in [9.17, 15) is 14.4 Å². The summed E-state index contributed by atoms with van der Waals surface area (Å²) in [5, 5.41) is 0. The number of hydrogen-bond donors (Lipinski definition) is 1. The second-order valence-corrected chi connectivity index (χ2v) is 4.27. The van der Waals surface area contributed by atoms with E-state index in [1.54, 1.807) is 31.2 Å². The number of nitrogens with one attached hydrogen (secondary N) is 1. The van der Waals surface area contributed by atoms with E-state index >= 15 is 0 Å². The molecule has 1 aliphatic carbocycles. The summed E-state index contributed by atoms with van der Waals surface area (Å²) in [6.45, 7) is 1.61. The van der Waals surface area contributed by atoms with Crippen molar-refractivity contribution in [3.05, 3.63) is 68.6 Å². The molecule has 0 fully saturated rings. The average molecular weight is 239 g/mol. The molecule has 0 unspecified atom stereocenters. The summed E-state index contributed by atoms with van der Waals surface area (Å²) in [6, 6.07) is 8.11. The number of H-pyrrole nitrogens is 1. The molecule has 0 amide bonds. The highest BCUT2D eigenvalue weighted by molar-refractivity contribution is 6.27. The SMILES string of the molecule is Cc1cc2c([nH]c1=O)C(=O)c1ccccc1C2=O. The second-order valence-electron chi connectivity index (χ2n) is 4.27. The molecule has 3 rings (SSSR count). The normalized spacial score (nSPS) is 13.2. The molecule has 0 aliphatic heterocycles. The zero-order valence-electron chi connectivity index (χ0n) is 9.61. The molecule has 88 valence electrons. The Balaban J connectivity index is 2.37. The fourth-order valence-electron chi connectivity index (χ4n) is 2.15. The molecule has 4 heteroatoms. The van der Waals surface area contributed by atoms with Crippen molar-refractivity contribution < 1.29 is 9.59 Å². The van der Waals surface area contributed by atoms with Crippen LogP contribution in [-0.2, 0) is 0 Å². The van der Waals surface area contributed by atoms with Gasteiger partial charge in [0.05, 0.1) is 5.56 Å². The van der Waals surface area contributed by atoms with Crippen LogP contribution in [0.5, 0.6) is 0 Å². The summed E-state index contributed by atoms with van der Waals surface area (Å²) in [5.74, 6) is -0.531. The number of fused-ring (bicyclic) bond motifs is 2. The van der Waals surface area contributed by atoms with Crippen LogP contribution in [0.2, 0.25) is 0 Å². The van der Waals surface area contributed by atoms with Crippen molar-refractivity contribution >= 4 is 11.6 Å². The van der Waals surface area contributed by atoms with Crippen LogP contribution in [0.3, 0.4) is 0 Å². The first-order chi connectivity index (χ1) is 8.59. The van der Waals surface area contributed by atoms with Gasteiger partial charge >= 0.3 is 0 Å². The maximum atomic E-state index is 12.2. The quantitative estimate of drug-likeness (QED) is 0.645. The lowest BCUT2D eigenvalue weighted by molar-refractivity contribution is 0.0975. The molecule has 2 aromatic rings. The number of aromatic nitrogens is 1. The molecule has 0 radical (unpaired) electrons. The van der Waals surface area contributed by atoms with Gasteiger partial charge in [0.1, 0.15) is 5.69 Å². The van der Waals surface area contributed by atoms with Gasteiger partial charge in [-0.2, -0.15) is 0 Å². The largest absolute Gasteiger partial charge is 0.318 e. The van der Waals surface area contributed by atoms with E-state index in [-0.39, 0.29) is 28.4 Å². The van der Waals surface area contributed by atoms with Crippen molar-refractivity contribution in [2.75, 3.05) is 0 Å². The van der Waals surface area contributed by atoms with E-state index in [2.05, 4.69) is 4.98 Å². The molecule has 1 aromatic carbocycles. The second kappa shape index (κ2) is 3.50. The zero-order chi connectivity index (χ0) is 12.9. The minimum absolute atomic E-state index is 0.0919. The molecule has 0 atom stereocenters. The van der Waals surface area contributed by atoms with Gasteiger partial charge in [-0.15, -0.1) is 0 Å². The summed E-state index contributed by atoms with van der Waals surface area (Å²) in [4.78, 5) is 38.5. The number of rotatable bonds is 0. The van der Waals surface area contributed by atoms with Crippen LogP contribution in [0.1, 0.15) is 37.5 Å². The maximum absolute atomic E-state index is 12.2. The molecular weight excluding hydrogens is 230 g/mol. The molecule has 0 spiro atoms.